The Balaban J connectivity index is 0. The summed E-state index contributed by atoms with van der Waals surface area (Å²) in [6, 6.07) is 0. The normalized spacial score (nSPS) is 6.00. The minimum Gasteiger partial charge on any atom is -0.676 e. The Kier molecular flexibility index (Phi) is 16.1. The molecule has 0 aromatic heterocycles. The van der Waals surface area contributed by atoms with E-state index in [-0.39, 0.29) is 32.0 Å². The molecule has 0 rings (SSSR count). The third-order valence-electron chi connectivity index (χ3n) is 0.112. The predicted molar refractivity (Wildman–Crippen MR) is 16.3 cm³/mol. The molecule has 0 spiro atoms. The number of nitrogens with one attached hydrogen (secondary N) is 1. The molecule has 0 saturated carbocycles. The van der Waals surface area contributed by atoms with Crippen LogP contribution in [0.25, 0.3) is 5.73 Å². The van der Waals surface area contributed by atoms with Crippen LogP contribution in [0.3, 0.4) is 0 Å². The van der Waals surface area contributed by atoms with E-state index >= 15 is 0 Å². The van der Waals surface area contributed by atoms with E-state index in [9.17, 15) is 0 Å². The smallest absolute Gasteiger partial charge is 0.676 e. The van der Waals surface area contributed by atoms with E-state index in [0.29, 0.717) is 0 Å². The molecule has 0 aromatic carbocycles. The summed E-state index contributed by atoms with van der Waals surface area (Å²) in [4.78, 5) is 0. The van der Waals surface area contributed by atoms with Crippen molar-refractivity contribution >= 4 is 0 Å². The van der Waals surface area contributed by atoms with Crippen molar-refractivity contribution in [2.75, 3.05) is 13.2 Å². The summed E-state index contributed by atoms with van der Waals surface area (Å²) >= 11 is 0. The molecule has 0 bridgehead atoms. The van der Waals surface area contributed by atoms with Crippen LogP contribution >= 0.6 is 0 Å². The first-order valence-corrected chi connectivity index (χ1v) is 1.17. The van der Waals surface area contributed by atoms with Crippen LogP contribution < -0.4 is 18.9 Å². The van der Waals surface area contributed by atoms with Crippen LogP contribution in [-0.2, 0) is 0 Å². The second-order valence-corrected chi connectivity index (χ2v) is 0.474. The summed E-state index contributed by atoms with van der Waals surface area (Å²) < 4.78 is 0. The second kappa shape index (κ2) is 8.82. The topological polar surface area (TPSA) is 44.0 Å². The van der Waals surface area contributed by atoms with Crippen molar-refractivity contribution in [3.63, 3.8) is 0 Å². The molecule has 0 radical (unpaired) electrons. The maximum atomic E-state index is 7.69. The third-order valence-corrected chi connectivity index (χ3v) is 0.112. The van der Waals surface area contributed by atoms with Crippen LogP contribution in [0, 0.1) is 0 Å². The Labute approximate surface area is 43.5 Å². The molecule has 0 fully saturated rings. The second-order valence-electron chi connectivity index (χ2n) is 0.474. The Morgan fingerprint density at radius 2 is 1.80 bits per heavy atom. The fraction of sp³-hybridized carbons (Fsp3) is 1.00. The first-order chi connectivity index (χ1) is 1.91. The van der Waals surface area contributed by atoms with Crippen LogP contribution in [0.4, 0.5) is 0 Å². The minimum absolute atomic E-state index is 0. The van der Waals surface area contributed by atoms with Gasteiger partial charge in [-0.15, -0.1) is 6.54 Å². The summed E-state index contributed by atoms with van der Waals surface area (Å²) in [5.41, 5.74) is 6.20. The van der Waals surface area contributed by atoms with E-state index in [4.69, 9.17) is 10.8 Å². The van der Waals surface area contributed by atoms with Crippen molar-refractivity contribution in [1.82, 2.24) is 0 Å². The fourth-order valence-electron chi connectivity index (χ4n) is 0. The molecular weight excluding hydrogens is 61.0 g/mol. The first-order valence-electron chi connectivity index (χ1n) is 1.17. The molecular formula is C2H6LiNO. The van der Waals surface area contributed by atoms with Crippen LogP contribution in [0.5, 0.6) is 0 Å². The number of hydrogen-bond acceptors (Lipinski definition) is 1. The maximum absolute atomic E-state index is 7.69. The Hall–Kier alpha value is 0.517. The molecule has 3 heteroatoms. The van der Waals surface area contributed by atoms with Crippen LogP contribution in [0.2, 0.25) is 0 Å². The van der Waals surface area contributed by atoms with E-state index in [2.05, 4.69) is 0 Å². The van der Waals surface area contributed by atoms with Gasteiger partial charge in [0.25, 0.3) is 0 Å². The SMILES string of the molecule is [Li+].[NH-]CCO. The van der Waals surface area contributed by atoms with Crippen molar-refractivity contribution in [3.8, 4) is 0 Å². The molecule has 5 heavy (non-hydrogen) atoms. The van der Waals surface area contributed by atoms with E-state index in [1.54, 1.807) is 0 Å². The molecule has 0 amide bonds. The number of rotatable bonds is 1. The van der Waals surface area contributed by atoms with Crippen LogP contribution in [-0.4, -0.2) is 18.3 Å². The minimum atomic E-state index is -0.0139. The van der Waals surface area contributed by atoms with Gasteiger partial charge in [0, 0.05) is 6.61 Å². The van der Waals surface area contributed by atoms with Gasteiger partial charge in [-0.05, 0) is 0 Å². The van der Waals surface area contributed by atoms with Gasteiger partial charge in [0.15, 0.2) is 0 Å². The molecule has 0 aromatic rings. The van der Waals surface area contributed by atoms with Gasteiger partial charge >= 0.3 is 18.9 Å². The van der Waals surface area contributed by atoms with Gasteiger partial charge < -0.3 is 10.8 Å². The van der Waals surface area contributed by atoms with Crippen molar-refractivity contribution in [3.05, 3.63) is 5.73 Å². The maximum Gasteiger partial charge on any atom is 1.00 e. The molecule has 2 N–H and O–H groups in total. The van der Waals surface area contributed by atoms with Crippen LogP contribution in [0.15, 0.2) is 0 Å². The zero-order chi connectivity index (χ0) is 3.41. The van der Waals surface area contributed by atoms with Gasteiger partial charge in [-0.2, -0.15) is 0 Å². The van der Waals surface area contributed by atoms with E-state index in [1.807, 2.05) is 0 Å². The number of aliphatic hydroxyl groups excluding tert-OH is 1. The molecule has 2 nitrogen and oxygen atoms in total. The molecule has 0 saturated heterocycles. The molecule has 0 aliphatic rings. The van der Waals surface area contributed by atoms with Gasteiger partial charge in [-0.3, -0.25) is 0 Å². The summed E-state index contributed by atoms with van der Waals surface area (Å²) in [5, 5.41) is 7.69. The Morgan fingerprint density at radius 1 is 1.60 bits per heavy atom. The van der Waals surface area contributed by atoms with Crippen molar-refractivity contribution in [2.24, 2.45) is 0 Å². The van der Waals surface area contributed by atoms with E-state index < -0.39 is 0 Å². The molecule has 0 aliphatic heterocycles. The Bertz CT molecular complexity index is 11.6. The zero-order valence-electron chi connectivity index (χ0n) is 3.36. The molecule has 0 aliphatic carbocycles. The third kappa shape index (κ3) is 12.4. The largest absolute Gasteiger partial charge is 1.00 e. The zero-order valence-corrected chi connectivity index (χ0v) is 3.36. The van der Waals surface area contributed by atoms with Gasteiger partial charge in [0.05, 0.1) is 0 Å². The van der Waals surface area contributed by atoms with Gasteiger partial charge in [-0.25, -0.2) is 0 Å². The van der Waals surface area contributed by atoms with Gasteiger partial charge in [0.2, 0.25) is 0 Å². The van der Waals surface area contributed by atoms with Gasteiger partial charge in [-0.1, -0.05) is 0 Å². The average molecular weight is 67.0 g/mol. The molecule has 0 atom stereocenters. The quantitative estimate of drug-likeness (QED) is 0.327. The standard InChI is InChI=1S/C2H6NO.Li/c3-1-2-4;/h3-4H,1-2H2;/q-1;+1. The Morgan fingerprint density at radius 3 is 1.80 bits per heavy atom. The van der Waals surface area contributed by atoms with Crippen molar-refractivity contribution in [2.45, 2.75) is 0 Å². The number of hydrogen-bond donors (Lipinski definition) is 1. The average Bonchev–Trinajstić information content (AvgIpc) is 1.37. The summed E-state index contributed by atoms with van der Waals surface area (Å²) in [6.07, 6.45) is 0. The van der Waals surface area contributed by atoms with Crippen LogP contribution in [0.1, 0.15) is 0 Å². The van der Waals surface area contributed by atoms with E-state index in [1.165, 1.54) is 0 Å². The monoisotopic (exact) mass is 67.1 g/mol. The molecule has 0 unspecified atom stereocenters. The fourth-order valence-corrected chi connectivity index (χ4v) is 0. The van der Waals surface area contributed by atoms with Crippen molar-refractivity contribution in [1.29, 1.82) is 0 Å². The van der Waals surface area contributed by atoms with Gasteiger partial charge in [0.1, 0.15) is 0 Å². The first kappa shape index (κ1) is 9.10. The predicted octanol–water partition coefficient (Wildman–Crippen LogP) is -2.97. The summed E-state index contributed by atoms with van der Waals surface area (Å²) in [5.74, 6) is 0. The van der Waals surface area contributed by atoms with E-state index in [0.717, 1.165) is 0 Å². The molecule has 26 valence electrons. The summed E-state index contributed by atoms with van der Waals surface area (Å²) in [7, 11) is 0. The number of aliphatic hydroxyl groups is 1. The van der Waals surface area contributed by atoms with Crippen molar-refractivity contribution < 1.29 is 24.0 Å². The molecule has 0 heterocycles. The summed E-state index contributed by atoms with van der Waals surface area (Å²) in [6.45, 7) is 0.111.